The Kier molecular flexibility index (Phi) is 5.04. The zero-order valence-electron chi connectivity index (χ0n) is 12.9. The standard InChI is InChI=1S/C16H28N2S/c1-5-16(3)6-8-18(9-7-16)12-14-10-15(11-17-4)19-13(14)2/h10,17H,5-9,11-12H2,1-4H3. The zero-order chi connectivity index (χ0) is 13.9. The van der Waals surface area contributed by atoms with Crippen molar-refractivity contribution in [2.45, 2.75) is 53.1 Å². The Bertz CT molecular complexity index is 403. The highest BCUT2D eigenvalue weighted by atomic mass is 32.1. The van der Waals surface area contributed by atoms with Gasteiger partial charge in [-0.05, 0) is 56.9 Å². The molecule has 1 N–H and O–H groups in total. The van der Waals surface area contributed by atoms with E-state index in [0.717, 1.165) is 13.1 Å². The van der Waals surface area contributed by atoms with Crippen LogP contribution < -0.4 is 5.32 Å². The second kappa shape index (κ2) is 6.38. The van der Waals surface area contributed by atoms with Crippen molar-refractivity contribution in [3.05, 3.63) is 21.4 Å². The number of nitrogens with one attached hydrogen (secondary N) is 1. The number of hydrogen-bond donors (Lipinski definition) is 1. The molecule has 0 atom stereocenters. The van der Waals surface area contributed by atoms with Gasteiger partial charge in [-0.25, -0.2) is 0 Å². The maximum atomic E-state index is 3.24. The molecule has 1 saturated heterocycles. The van der Waals surface area contributed by atoms with E-state index in [2.05, 4.69) is 37.1 Å². The van der Waals surface area contributed by atoms with Crippen molar-refractivity contribution < 1.29 is 0 Å². The van der Waals surface area contributed by atoms with Crippen LogP contribution in [0.2, 0.25) is 0 Å². The SMILES string of the molecule is CCC1(C)CCN(Cc2cc(CNC)sc2C)CC1. The second-order valence-electron chi connectivity index (χ2n) is 6.26. The van der Waals surface area contributed by atoms with Crippen LogP contribution in [0.25, 0.3) is 0 Å². The third-order valence-corrected chi connectivity index (χ3v) is 5.83. The fourth-order valence-electron chi connectivity index (χ4n) is 2.85. The van der Waals surface area contributed by atoms with Crippen LogP contribution in [0.4, 0.5) is 0 Å². The molecule has 1 fully saturated rings. The van der Waals surface area contributed by atoms with Gasteiger partial charge in [-0.3, -0.25) is 4.90 Å². The van der Waals surface area contributed by atoms with E-state index in [0.29, 0.717) is 5.41 Å². The molecular weight excluding hydrogens is 252 g/mol. The van der Waals surface area contributed by atoms with Gasteiger partial charge in [0.1, 0.15) is 0 Å². The summed E-state index contributed by atoms with van der Waals surface area (Å²) in [7, 11) is 2.02. The number of piperidine rings is 1. The first-order valence-corrected chi connectivity index (χ1v) is 8.33. The van der Waals surface area contributed by atoms with Crippen molar-refractivity contribution in [2.75, 3.05) is 20.1 Å². The summed E-state index contributed by atoms with van der Waals surface area (Å²) in [6, 6.07) is 2.39. The van der Waals surface area contributed by atoms with Gasteiger partial charge in [0, 0.05) is 22.8 Å². The topological polar surface area (TPSA) is 15.3 Å². The first kappa shape index (κ1) is 15.0. The summed E-state index contributed by atoms with van der Waals surface area (Å²) in [6.07, 6.45) is 4.04. The Morgan fingerprint density at radius 3 is 2.63 bits per heavy atom. The largest absolute Gasteiger partial charge is 0.315 e. The van der Waals surface area contributed by atoms with E-state index < -0.39 is 0 Å². The second-order valence-corrected chi connectivity index (χ2v) is 7.61. The first-order chi connectivity index (χ1) is 9.06. The van der Waals surface area contributed by atoms with Gasteiger partial charge in [0.25, 0.3) is 0 Å². The molecule has 0 saturated carbocycles. The molecule has 1 aliphatic heterocycles. The molecule has 108 valence electrons. The van der Waals surface area contributed by atoms with E-state index in [1.807, 2.05) is 18.4 Å². The molecule has 0 aromatic carbocycles. The number of likely N-dealkylation sites (tertiary alicyclic amines) is 1. The molecule has 0 spiro atoms. The highest BCUT2D eigenvalue weighted by Crippen LogP contribution is 2.34. The lowest BCUT2D eigenvalue weighted by molar-refractivity contribution is 0.109. The van der Waals surface area contributed by atoms with Gasteiger partial charge in [-0.15, -0.1) is 11.3 Å². The normalized spacial score (nSPS) is 19.8. The van der Waals surface area contributed by atoms with E-state index in [1.54, 1.807) is 0 Å². The van der Waals surface area contributed by atoms with E-state index in [-0.39, 0.29) is 0 Å². The van der Waals surface area contributed by atoms with Gasteiger partial charge in [0.15, 0.2) is 0 Å². The lowest BCUT2D eigenvalue weighted by Gasteiger charge is -2.38. The van der Waals surface area contributed by atoms with Gasteiger partial charge >= 0.3 is 0 Å². The quantitative estimate of drug-likeness (QED) is 0.883. The van der Waals surface area contributed by atoms with Crippen LogP contribution in [0.15, 0.2) is 6.07 Å². The number of rotatable bonds is 5. The fraction of sp³-hybridized carbons (Fsp3) is 0.750. The van der Waals surface area contributed by atoms with E-state index in [4.69, 9.17) is 0 Å². The molecule has 0 unspecified atom stereocenters. The monoisotopic (exact) mass is 280 g/mol. The smallest absolute Gasteiger partial charge is 0.0296 e. The van der Waals surface area contributed by atoms with E-state index >= 15 is 0 Å². The van der Waals surface area contributed by atoms with Crippen molar-refractivity contribution in [3.8, 4) is 0 Å². The van der Waals surface area contributed by atoms with Crippen LogP contribution in [-0.2, 0) is 13.1 Å². The maximum absolute atomic E-state index is 3.24. The Balaban J connectivity index is 1.92. The molecule has 2 heterocycles. The third kappa shape index (κ3) is 3.80. The van der Waals surface area contributed by atoms with Crippen molar-refractivity contribution in [1.82, 2.24) is 10.2 Å². The van der Waals surface area contributed by atoms with Gasteiger partial charge in [0.05, 0.1) is 0 Å². The molecule has 1 aliphatic rings. The minimum Gasteiger partial charge on any atom is -0.315 e. The first-order valence-electron chi connectivity index (χ1n) is 7.51. The van der Waals surface area contributed by atoms with Gasteiger partial charge in [-0.2, -0.15) is 0 Å². The summed E-state index contributed by atoms with van der Waals surface area (Å²) in [5.74, 6) is 0. The van der Waals surface area contributed by atoms with E-state index in [1.165, 1.54) is 47.7 Å². The van der Waals surface area contributed by atoms with Crippen LogP contribution in [-0.4, -0.2) is 25.0 Å². The Morgan fingerprint density at radius 2 is 2.05 bits per heavy atom. The summed E-state index contributed by atoms with van der Waals surface area (Å²) in [4.78, 5) is 5.59. The zero-order valence-corrected chi connectivity index (χ0v) is 13.7. The fourth-order valence-corrected chi connectivity index (χ4v) is 3.92. The predicted molar refractivity (Wildman–Crippen MR) is 84.7 cm³/mol. The Morgan fingerprint density at radius 1 is 1.37 bits per heavy atom. The Hall–Kier alpha value is -0.380. The summed E-state index contributed by atoms with van der Waals surface area (Å²) >= 11 is 1.94. The summed E-state index contributed by atoms with van der Waals surface area (Å²) in [5, 5.41) is 3.24. The molecule has 2 rings (SSSR count). The van der Waals surface area contributed by atoms with Crippen LogP contribution in [0, 0.1) is 12.3 Å². The highest BCUT2D eigenvalue weighted by Gasteiger charge is 2.28. The molecule has 1 aromatic rings. The molecule has 0 radical (unpaired) electrons. The van der Waals surface area contributed by atoms with E-state index in [9.17, 15) is 0 Å². The molecule has 19 heavy (non-hydrogen) atoms. The minimum absolute atomic E-state index is 0.595. The third-order valence-electron chi connectivity index (χ3n) is 4.73. The van der Waals surface area contributed by atoms with Crippen LogP contribution >= 0.6 is 11.3 Å². The lowest BCUT2D eigenvalue weighted by atomic mass is 9.78. The van der Waals surface area contributed by atoms with Crippen LogP contribution in [0.5, 0.6) is 0 Å². The Labute approximate surface area is 122 Å². The molecule has 0 aliphatic carbocycles. The summed E-state index contributed by atoms with van der Waals surface area (Å²) in [6.45, 7) is 11.7. The van der Waals surface area contributed by atoms with Gasteiger partial charge < -0.3 is 5.32 Å². The summed E-state index contributed by atoms with van der Waals surface area (Å²) in [5.41, 5.74) is 2.13. The highest BCUT2D eigenvalue weighted by molar-refractivity contribution is 7.12. The average molecular weight is 280 g/mol. The van der Waals surface area contributed by atoms with Crippen molar-refractivity contribution in [1.29, 1.82) is 0 Å². The predicted octanol–water partition coefficient (Wildman–Crippen LogP) is 3.79. The van der Waals surface area contributed by atoms with Crippen LogP contribution in [0.3, 0.4) is 0 Å². The number of thiophene rings is 1. The molecule has 0 amide bonds. The molecule has 1 aromatic heterocycles. The number of nitrogens with zero attached hydrogens (tertiary/aromatic N) is 1. The maximum Gasteiger partial charge on any atom is 0.0296 e. The van der Waals surface area contributed by atoms with Crippen molar-refractivity contribution in [2.24, 2.45) is 5.41 Å². The van der Waals surface area contributed by atoms with Gasteiger partial charge in [0.2, 0.25) is 0 Å². The molecule has 3 heteroatoms. The molecule has 2 nitrogen and oxygen atoms in total. The van der Waals surface area contributed by atoms with Crippen LogP contribution in [0.1, 0.15) is 48.4 Å². The average Bonchev–Trinajstić information content (AvgIpc) is 2.73. The number of aryl methyl sites for hydroxylation is 1. The molecule has 0 bridgehead atoms. The summed E-state index contributed by atoms with van der Waals surface area (Å²) < 4.78 is 0. The number of hydrogen-bond acceptors (Lipinski definition) is 3. The minimum atomic E-state index is 0.595. The van der Waals surface area contributed by atoms with Crippen molar-refractivity contribution in [3.63, 3.8) is 0 Å². The lowest BCUT2D eigenvalue weighted by Crippen LogP contribution is -2.37. The van der Waals surface area contributed by atoms with Crippen molar-refractivity contribution >= 4 is 11.3 Å². The van der Waals surface area contributed by atoms with Gasteiger partial charge in [-0.1, -0.05) is 20.3 Å². The molecular formula is C16H28N2S.